The largest absolute Gasteiger partial charge is 0.394 e. The number of aromatic nitrogens is 1. The van der Waals surface area contributed by atoms with Crippen molar-refractivity contribution in [2.45, 2.75) is 49.7 Å². The van der Waals surface area contributed by atoms with Crippen LogP contribution < -0.4 is 5.32 Å². The molecule has 0 spiro atoms. The van der Waals surface area contributed by atoms with Crippen molar-refractivity contribution in [3.63, 3.8) is 0 Å². The number of pyridine rings is 1. The zero-order chi connectivity index (χ0) is 18.4. The summed E-state index contributed by atoms with van der Waals surface area (Å²) in [4.78, 5) is 6.49. The first-order valence-electron chi connectivity index (χ1n) is 9.54. The van der Waals surface area contributed by atoms with Crippen LogP contribution in [0.5, 0.6) is 0 Å². The molecule has 2 aliphatic rings. The fourth-order valence-electron chi connectivity index (χ4n) is 3.86. The van der Waals surface area contributed by atoms with Crippen LogP contribution >= 0.6 is 0 Å². The van der Waals surface area contributed by atoms with Gasteiger partial charge >= 0.3 is 0 Å². The topological polar surface area (TPSA) is 87.1 Å². The molecule has 0 bridgehead atoms. The molecule has 3 N–H and O–H groups in total. The molecule has 3 rings (SSSR count). The lowest BCUT2D eigenvalue weighted by molar-refractivity contribution is -0.0229. The van der Waals surface area contributed by atoms with Gasteiger partial charge in [-0.25, -0.2) is 0 Å². The van der Waals surface area contributed by atoms with Gasteiger partial charge in [0.2, 0.25) is 0 Å². The standard InChI is InChI=1S/C19H31N3O4/c1-22(9-5-14-4-2-3-8-20-14)18-16(26-17(13-23)19(18)24)12-21-15-6-10-25-11-7-15/h2-4,8,15-19,21,23-24H,5-7,9-13H2,1H3/t16-,17+,18+,19-/m1/s1. The number of rotatable bonds is 8. The Labute approximate surface area is 155 Å². The van der Waals surface area contributed by atoms with Crippen molar-refractivity contribution in [3.8, 4) is 0 Å². The molecule has 1 aromatic heterocycles. The van der Waals surface area contributed by atoms with E-state index < -0.39 is 12.2 Å². The Kier molecular flexibility index (Phi) is 7.36. The second-order valence-electron chi connectivity index (χ2n) is 7.22. The van der Waals surface area contributed by atoms with Gasteiger partial charge in [-0.3, -0.25) is 9.88 Å². The van der Waals surface area contributed by atoms with Crippen LogP contribution in [0.25, 0.3) is 0 Å². The van der Waals surface area contributed by atoms with Crippen LogP contribution in [0.4, 0.5) is 0 Å². The van der Waals surface area contributed by atoms with E-state index in [0.29, 0.717) is 12.6 Å². The molecule has 2 saturated heterocycles. The normalized spacial score (nSPS) is 30.2. The summed E-state index contributed by atoms with van der Waals surface area (Å²) >= 11 is 0. The number of nitrogens with zero attached hydrogens (tertiary/aromatic N) is 2. The van der Waals surface area contributed by atoms with Gasteiger partial charge in [-0.1, -0.05) is 6.07 Å². The lowest BCUT2D eigenvalue weighted by Gasteiger charge is -2.32. The van der Waals surface area contributed by atoms with E-state index in [1.54, 1.807) is 6.20 Å². The summed E-state index contributed by atoms with van der Waals surface area (Å²) in [6.07, 6.45) is 3.22. The maximum atomic E-state index is 10.6. The van der Waals surface area contributed by atoms with Gasteiger partial charge < -0.3 is 25.0 Å². The lowest BCUT2D eigenvalue weighted by atomic mass is 10.0. The highest BCUT2D eigenvalue weighted by Gasteiger charge is 2.45. The van der Waals surface area contributed by atoms with E-state index in [9.17, 15) is 10.2 Å². The van der Waals surface area contributed by atoms with Crippen LogP contribution in [-0.2, 0) is 15.9 Å². The van der Waals surface area contributed by atoms with Crippen molar-refractivity contribution in [2.24, 2.45) is 0 Å². The molecule has 0 amide bonds. The minimum Gasteiger partial charge on any atom is -0.394 e. The SMILES string of the molecule is CN(CCc1ccccn1)[C@@H]1[C@H](O)[C@H](CO)O[C@@H]1CNC1CCOCC1. The van der Waals surface area contributed by atoms with Crippen LogP contribution in [0.2, 0.25) is 0 Å². The number of ether oxygens (including phenoxy) is 2. The third-order valence-corrected chi connectivity index (χ3v) is 5.43. The van der Waals surface area contributed by atoms with E-state index in [-0.39, 0.29) is 18.8 Å². The van der Waals surface area contributed by atoms with Crippen LogP contribution in [0.15, 0.2) is 24.4 Å². The zero-order valence-corrected chi connectivity index (χ0v) is 15.5. The second-order valence-corrected chi connectivity index (χ2v) is 7.22. The number of aliphatic hydroxyl groups is 2. The van der Waals surface area contributed by atoms with Gasteiger partial charge in [-0.15, -0.1) is 0 Å². The third kappa shape index (κ3) is 5.00. The van der Waals surface area contributed by atoms with Gasteiger partial charge in [0.1, 0.15) is 12.2 Å². The van der Waals surface area contributed by atoms with E-state index in [2.05, 4.69) is 15.2 Å². The molecule has 146 valence electrons. The molecule has 1 aromatic rings. The Hall–Kier alpha value is -1.09. The van der Waals surface area contributed by atoms with E-state index in [4.69, 9.17) is 9.47 Å². The van der Waals surface area contributed by atoms with Gasteiger partial charge in [0.25, 0.3) is 0 Å². The molecule has 4 atom stereocenters. The highest BCUT2D eigenvalue weighted by Crippen LogP contribution is 2.25. The summed E-state index contributed by atoms with van der Waals surface area (Å²) in [5.41, 5.74) is 1.03. The first kappa shape index (κ1) is 19.7. The third-order valence-electron chi connectivity index (χ3n) is 5.43. The fraction of sp³-hybridized carbons (Fsp3) is 0.737. The van der Waals surface area contributed by atoms with Crippen LogP contribution in [0.1, 0.15) is 18.5 Å². The monoisotopic (exact) mass is 365 g/mol. The summed E-state index contributed by atoms with van der Waals surface area (Å²) in [7, 11) is 2.00. The Morgan fingerprint density at radius 1 is 1.27 bits per heavy atom. The minimum absolute atomic E-state index is 0.150. The van der Waals surface area contributed by atoms with Crippen molar-refractivity contribution in [1.82, 2.24) is 15.2 Å². The Balaban J connectivity index is 1.56. The van der Waals surface area contributed by atoms with E-state index in [1.807, 2.05) is 25.2 Å². The fourth-order valence-corrected chi connectivity index (χ4v) is 3.86. The smallest absolute Gasteiger partial charge is 0.109 e. The quantitative estimate of drug-likeness (QED) is 0.589. The highest BCUT2D eigenvalue weighted by molar-refractivity contribution is 5.04. The first-order valence-corrected chi connectivity index (χ1v) is 9.54. The van der Waals surface area contributed by atoms with Crippen molar-refractivity contribution >= 4 is 0 Å². The number of likely N-dealkylation sites (N-methyl/N-ethyl adjacent to an activating group) is 1. The predicted molar refractivity (Wildman–Crippen MR) is 98.0 cm³/mol. The highest BCUT2D eigenvalue weighted by atomic mass is 16.5. The molecule has 2 aliphatic heterocycles. The Bertz CT molecular complexity index is 527. The number of hydrogen-bond acceptors (Lipinski definition) is 7. The van der Waals surface area contributed by atoms with Gasteiger partial charge in [0.05, 0.1) is 18.8 Å². The first-order chi connectivity index (χ1) is 12.7. The average Bonchev–Trinajstić information content (AvgIpc) is 3.01. The summed E-state index contributed by atoms with van der Waals surface area (Å²) in [6, 6.07) is 6.18. The van der Waals surface area contributed by atoms with Crippen molar-refractivity contribution in [3.05, 3.63) is 30.1 Å². The van der Waals surface area contributed by atoms with Crippen LogP contribution in [0, 0.1) is 0 Å². The number of nitrogens with one attached hydrogen (secondary N) is 1. The van der Waals surface area contributed by atoms with Crippen LogP contribution in [0.3, 0.4) is 0 Å². The summed E-state index contributed by atoms with van der Waals surface area (Å²) in [6.45, 7) is 2.85. The summed E-state index contributed by atoms with van der Waals surface area (Å²) < 4.78 is 11.3. The molecule has 7 heteroatoms. The maximum Gasteiger partial charge on any atom is 0.109 e. The van der Waals surface area contributed by atoms with Gasteiger partial charge in [-0.2, -0.15) is 0 Å². The molecule has 2 fully saturated rings. The minimum atomic E-state index is -0.699. The van der Waals surface area contributed by atoms with E-state index in [0.717, 1.165) is 44.7 Å². The zero-order valence-electron chi connectivity index (χ0n) is 15.5. The molecular formula is C19H31N3O4. The molecule has 0 unspecified atom stereocenters. The maximum absolute atomic E-state index is 10.6. The van der Waals surface area contributed by atoms with Crippen LogP contribution in [-0.4, -0.2) is 90.5 Å². The molecular weight excluding hydrogens is 334 g/mol. The lowest BCUT2D eigenvalue weighted by Crippen LogP contribution is -2.51. The van der Waals surface area contributed by atoms with Crippen molar-refractivity contribution < 1.29 is 19.7 Å². The Morgan fingerprint density at radius 2 is 2.08 bits per heavy atom. The molecule has 0 aromatic carbocycles. The Morgan fingerprint density at radius 3 is 2.77 bits per heavy atom. The van der Waals surface area contributed by atoms with Crippen molar-refractivity contribution in [1.29, 1.82) is 0 Å². The van der Waals surface area contributed by atoms with E-state index >= 15 is 0 Å². The predicted octanol–water partition coefficient (Wildman–Crippen LogP) is -0.186. The second kappa shape index (κ2) is 9.73. The molecule has 7 nitrogen and oxygen atoms in total. The summed E-state index contributed by atoms with van der Waals surface area (Å²) in [5.74, 6) is 0. The molecule has 3 heterocycles. The molecule has 0 saturated carbocycles. The van der Waals surface area contributed by atoms with Gasteiger partial charge in [-0.05, 0) is 32.0 Å². The molecule has 0 radical (unpaired) electrons. The summed E-state index contributed by atoms with van der Waals surface area (Å²) in [5, 5.41) is 23.7. The van der Waals surface area contributed by atoms with Gasteiger partial charge in [0.15, 0.2) is 0 Å². The average molecular weight is 365 g/mol. The van der Waals surface area contributed by atoms with Crippen molar-refractivity contribution in [2.75, 3.05) is 40.0 Å². The molecule has 0 aliphatic carbocycles. The number of hydrogen-bond donors (Lipinski definition) is 3. The van der Waals surface area contributed by atoms with E-state index in [1.165, 1.54) is 0 Å². The number of aliphatic hydroxyl groups excluding tert-OH is 2. The van der Waals surface area contributed by atoms with Gasteiger partial charge in [0, 0.05) is 50.7 Å². The molecule has 26 heavy (non-hydrogen) atoms.